The minimum Gasteiger partial charge on any atom is -0.497 e. The van der Waals surface area contributed by atoms with E-state index in [4.69, 9.17) is 18.9 Å². The Morgan fingerprint density at radius 2 is 1.49 bits per heavy atom. The molecule has 180 valence electrons. The van der Waals surface area contributed by atoms with Crippen LogP contribution in [0.1, 0.15) is 15.9 Å². The molecule has 2 amide bonds. The van der Waals surface area contributed by atoms with E-state index in [1.165, 1.54) is 27.5 Å². The number of esters is 1. The third-order valence-corrected chi connectivity index (χ3v) is 4.62. The lowest BCUT2D eigenvalue weighted by atomic mass is 10.2. The lowest BCUT2D eigenvalue weighted by Crippen LogP contribution is -2.32. The van der Waals surface area contributed by atoms with Crippen molar-refractivity contribution < 1.29 is 33.3 Å². The highest BCUT2D eigenvalue weighted by Crippen LogP contribution is 2.28. The number of hydrogen-bond acceptors (Lipinski definition) is 8. The molecule has 3 aromatic carbocycles. The molecule has 0 fully saturated rings. The largest absolute Gasteiger partial charge is 0.497 e. The van der Waals surface area contributed by atoms with Crippen LogP contribution in [0.2, 0.25) is 0 Å². The minimum atomic E-state index is -0.986. The number of hydrogen-bond donors (Lipinski definition) is 2. The molecule has 0 radical (unpaired) electrons. The maximum atomic E-state index is 12.4. The Morgan fingerprint density at radius 3 is 2.23 bits per heavy atom. The molecule has 0 spiro atoms. The summed E-state index contributed by atoms with van der Waals surface area (Å²) in [4.78, 5) is 36.7. The number of anilines is 1. The lowest BCUT2D eigenvalue weighted by Gasteiger charge is -2.10. The fourth-order valence-corrected chi connectivity index (χ4v) is 2.87. The predicted octanol–water partition coefficient (Wildman–Crippen LogP) is 3.02. The molecule has 0 unspecified atom stereocenters. The number of benzene rings is 3. The number of rotatable bonds is 8. The highest BCUT2D eigenvalue weighted by molar-refractivity contribution is 6.39. The number of ether oxygens (including phenoxy) is 4. The molecule has 0 aromatic heterocycles. The van der Waals surface area contributed by atoms with E-state index in [1.807, 2.05) is 0 Å². The van der Waals surface area contributed by atoms with E-state index in [0.29, 0.717) is 34.1 Å². The molecule has 0 bridgehead atoms. The first kappa shape index (κ1) is 24.8. The molecule has 10 heteroatoms. The van der Waals surface area contributed by atoms with Crippen LogP contribution in [0.5, 0.6) is 23.0 Å². The standard InChI is InChI=1S/C25H23N3O7/c1-32-18-8-5-7-17(13-18)25(31)35-20-9-4-6-16(12-20)15-26-28-24(30)23(29)27-21-11-10-19(33-2)14-22(21)34-3/h4-15H,1-3H3,(H,27,29)(H,28,30). The van der Waals surface area contributed by atoms with Gasteiger partial charge in [-0.25, -0.2) is 10.2 Å². The summed E-state index contributed by atoms with van der Waals surface area (Å²) >= 11 is 0. The van der Waals surface area contributed by atoms with Crippen molar-refractivity contribution in [1.82, 2.24) is 5.43 Å². The van der Waals surface area contributed by atoms with Crippen molar-refractivity contribution in [1.29, 1.82) is 0 Å². The van der Waals surface area contributed by atoms with E-state index >= 15 is 0 Å². The monoisotopic (exact) mass is 477 g/mol. The molecule has 0 heterocycles. The average molecular weight is 477 g/mol. The second kappa shape index (κ2) is 11.8. The van der Waals surface area contributed by atoms with Crippen LogP contribution in [0.3, 0.4) is 0 Å². The van der Waals surface area contributed by atoms with E-state index < -0.39 is 17.8 Å². The second-order valence-corrected chi connectivity index (χ2v) is 6.91. The molecule has 0 aliphatic carbocycles. The number of nitrogens with one attached hydrogen (secondary N) is 2. The van der Waals surface area contributed by atoms with Crippen LogP contribution in [0.15, 0.2) is 71.8 Å². The topological polar surface area (TPSA) is 125 Å². The third kappa shape index (κ3) is 6.81. The van der Waals surface area contributed by atoms with Crippen molar-refractivity contribution in [3.05, 3.63) is 77.9 Å². The first-order valence-electron chi connectivity index (χ1n) is 10.3. The zero-order chi connectivity index (χ0) is 25.2. The summed E-state index contributed by atoms with van der Waals surface area (Å²) in [6.07, 6.45) is 1.31. The molecular formula is C25H23N3O7. The van der Waals surface area contributed by atoms with Crippen molar-refractivity contribution >= 4 is 29.7 Å². The number of methoxy groups -OCH3 is 3. The fourth-order valence-electron chi connectivity index (χ4n) is 2.87. The van der Waals surface area contributed by atoms with Crippen LogP contribution in [-0.4, -0.2) is 45.3 Å². The van der Waals surface area contributed by atoms with Gasteiger partial charge in [-0.1, -0.05) is 18.2 Å². The van der Waals surface area contributed by atoms with E-state index in [2.05, 4.69) is 15.8 Å². The summed E-state index contributed by atoms with van der Waals surface area (Å²) in [5.41, 5.74) is 3.29. The third-order valence-electron chi connectivity index (χ3n) is 4.62. The Balaban J connectivity index is 1.58. The zero-order valence-corrected chi connectivity index (χ0v) is 19.2. The normalized spacial score (nSPS) is 10.4. The number of amides is 2. The van der Waals surface area contributed by atoms with Gasteiger partial charge in [-0.15, -0.1) is 0 Å². The maximum absolute atomic E-state index is 12.4. The van der Waals surface area contributed by atoms with Crippen LogP contribution < -0.4 is 29.7 Å². The summed E-state index contributed by atoms with van der Waals surface area (Å²) < 4.78 is 20.8. The van der Waals surface area contributed by atoms with E-state index in [9.17, 15) is 14.4 Å². The lowest BCUT2D eigenvalue weighted by molar-refractivity contribution is -0.136. The van der Waals surface area contributed by atoms with Crippen molar-refractivity contribution in [2.45, 2.75) is 0 Å². The van der Waals surface area contributed by atoms with Gasteiger partial charge < -0.3 is 24.3 Å². The molecule has 3 aromatic rings. The van der Waals surface area contributed by atoms with Gasteiger partial charge >= 0.3 is 17.8 Å². The van der Waals surface area contributed by atoms with E-state index in [-0.39, 0.29) is 5.75 Å². The molecule has 35 heavy (non-hydrogen) atoms. The second-order valence-electron chi connectivity index (χ2n) is 6.91. The zero-order valence-electron chi connectivity index (χ0n) is 19.2. The predicted molar refractivity (Wildman–Crippen MR) is 128 cm³/mol. The Bertz CT molecular complexity index is 1260. The fraction of sp³-hybridized carbons (Fsp3) is 0.120. The molecule has 0 saturated carbocycles. The summed E-state index contributed by atoms with van der Waals surface area (Å²) in [7, 11) is 4.43. The highest BCUT2D eigenvalue weighted by atomic mass is 16.5. The van der Waals surface area contributed by atoms with Crippen LogP contribution >= 0.6 is 0 Å². The molecule has 0 aliphatic heterocycles. The Labute approximate surface area is 201 Å². The first-order valence-corrected chi connectivity index (χ1v) is 10.3. The molecule has 0 saturated heterocycles. The van der Waals surface area contributed by atoms with E-state index in [0.717, 1.165) is 0 Å². The van der Waals surface area contributed by atoms with Crippen molar-refractivity contribution in [2.24, 2.45) is 5.10 Å². The number of nitrogens with zero attached hydrogens (tertiary/aromatic N) is 1. The van der Waals surface area contributed by atoms with Gasteiger partial charge in [0.15, 0.2) is 0 Å². The summed E-state index contributed by atoms with van der Waals surface area (Å²) in [6.45, 7) is 0. The van der Waals surface area contributed by atoms with Crippen LogP contribution in [0.4, 0.5) is 5.69 Å². The van der Waals surface area contributed by atoms with Gasteiger partial charge in [0.25, 0.3) is 0 Å². The number of hydrazone groups is 1. The number of carbonyl (C=O) groups is 3. The molecule has 10 nitrogen and oxygen atoms in total. The smallest absolute Gasteiger partial charge is 0.343 e. The molecule has 3 rings (SSSR count). The van der Waals surface area contributed by atoms with Gasteiger partial charge in [-0.05, 0) is 48.0 Å². The quantitative estimate of drug-likeness (QED) is 0.168. The van der Waals surface area contributed by atoms with Gasteiger partial charge in [0.1, 0.15) is 23.0 Å². The van der Waals surface area contributed by atoms with Crippen molar-refractivity contribution in [2.75, 3.05) is 26.6 Å². The van der Waals surface area contributed by atoms with Crippen molar-refractivity contribution in [3.63, 3.8) is 0 Å². The molecule has 2 N–H and O–H groups in total. The van der Waals surface area contributed by atoms with Gasteiger partial charge in [0.2, 0.25) is 0 Å². The minimum absolute atomic E-state index is 0.275. The first-order chi connectivity index (χ1) is 16.9. The van der Waals surface area contributed by atoms with Crippen molar-refractivity contribution in [3.8, 4) is 23.0 Å². The average Bonchev–Trinajstić information content (AvgIpc) is 2.89. The van der Waals surface area contributed by atoms with Gasteiger partial charge in [-0.3, -0.25) is 9.59 Å². The van der Waals surface area contributed by atoms with Crippen LogP contribution in [0, 0.1) is 0 Å². The summed E-state index contributed by atoms with van der Waals surface area (Å²) in [5.74, 6) is -0.814. The Morgan fingerprint density at radius 1 is 0.771 bits per heavy atom. The Hall–Kier alpha value is -4.86. The van der Waals surface area contributed by atoms with Gasteiger partial charge in [-0.2, -0.15) is 5.10 Å². The highest BCUT2D eigenvalue weighted by Gasteiger charge is 2.16. The molecular weight excluding hydrogens is 454 g/mol. The van der Waals surface area contributed by atoms with Gasteiger partial charge in [0.05, 0.1) is 38.8 Å². The van der Waals surface area contributed by atoms with Crippen LogP contribution in [0.25, 0.3) is 0 Å². The molecule has 0 atom stereocenters. The van der Waals surface area contributed by atoms with E-state index in [1.54, 1.807) is 66.7 Å². The number of carbonyl (C=O) groups excluding carboxylic acids is 3. The summed E-state index contributed by atoms with van der Waals surface area (Å²) in [5, 5.41) is 6.23. The van der Waals surface area contributed by atoms with Gasteiger partial charge in [0, 0.05) is 6.07 Å². The van der Waals surface area contributed by atoms with Crippen LogP contribution in [-0.2, 0) is 9.59 Å². The Kier molecular flexibility index (Phi) is 8.38. The summed E-state index contributed by atoms with van der Waals surface area (Å²) in [6, 6.07) is 17.8. The SMILES string of the molecule is COc1cccc(C(=O)Oc2cccc(C=NNC(=O)C(=O)Nc3ccc(OC)cc3OC)c2)c1. The maximum Gasteiger partial charge on any atom is 0.343 e. The molecule has 0 aliphatic rings.